The van der Waals surface area contributed by atoms with Crippen molar-refractivity contribution in [2.24, 2.45) is 0 Å². The lowest BCUT2D eigenvalue weighted by Crippen LogP contribution is -2.55. The number of aryl methyl sites for hydroxylation is 1. The molecule has 5 heteroatoms. The van der Waals surface area contributed by atoms with Gasteiger partial charge in [-0.1, -0.05) is 24.3 Å². The summed E-state index contributed by atoms with van der Waals surface area (Å²) in [6, 6.07) is 7.93. The van der Waals surface area contributed by atoms with Crippen molar-refractivity contribution in [3.05, 3.63) is 35.4 Å². The van der Waals surface area contributed by atoms with E-state index in [0.29, 0.717) is 12.2 Å². The number of hydrogen-bond donors (Lipinski definition) is 2. The Morgan fingerprint density at radius 2 is 2.15 bits per heavy atom. The van der Waals surface area contributed by atoms with Gasteiger partial charge in [0, 0.05) is 5.75 Å². The van der Waals surface area contributed by atoms with Crippen molar-refractivity contribution in [1.29, 1.82) is 0 Å². The van der Waals surface area contributed by atoms with Gasteiger partial charge in [-0.15, -0.1) is 0 Å². The Kier molecular flexibility index (Phi) is 3.46. The molecule has 3 rings (SSSR count). The Hall–Kier alpha value is -1.49. The molecule has 1 heterocycles. The topological polar surface area (TPSA) is 66.4 Å². The van der Waals surface area contributed by atoms with Crippen molar-refractivity contribution in [2.75, 3.05) is 11.5 Å². The van der Waals surface area contributed by atoms with Gasteiger partial charge in [0.1, 0.15) is 5.54 Å². The number of carboxylic acids is 1. The summed E-state index contributed by atoms with van der Waals surface area (Å²) in [5.74, 6) is -0.00832. The average Bonchev–Trinajstić information content (AvgIpc) is 3.05. The lowest BCUT2D eigenvalue weighted by atomic mass is 9.95. The smallest absolute Gasteiger partial charge is 0.330 e. The Bertz CT molecular complexity index is 552. The van der Waals surface area contributed by atoms with E-state index in [2.05, 4.69) is 5.32 Å². The van der Waals surface area contributed by atoms with Gasteiger partial charge < -0.3 is 10.4 Å². The Balaban J connectivity index is 1.79. The lowest BCUT2D eigenvalue weighted by molar-refractivity contribution is -0.146. The summed E-state index contributed by atoms with van der Waals surface area (Å²) in [7, 11) is 0. The zero-order chi connectivity index (χ0) is 14.2. The van der Waals surface area contributed by atoms with Gasteiger partial charge in [-0.2, -0.15) is 11.8 Å². The van der Waals surface area contributed by atoms with Gasteiger partial charge in [0.15, 0.2) is 0 Å². The summed E-state index contributed by atoms with van der Waals surface area (Å²) < 4.78 is 0. The quantitative estimate of drug-likeness (QED) is 0.891. The van der Waals surface area contributed by atoms with Crippen LogP contribution in [-0.4, -0.2) is 34.0 Å². The molecular weight excluding hydrogens is 274 g/mol. The summed E-state index contributed by atoms with van der Waals surface area (Å²) in [4.78, 5) is 24.0. The van der Waals surface area contributed by atoms with Gasteiger partial charge in [-0.25, -0.2) is 4.79 Å². The molecule has 2 unspecified atom stereocenters. The van der Waals surface area contributed by atoms with Crippen LogP contribution in [0.2, 0.25) is 0 Å². The molecule has 1 amide bonds. The standard InChI is InChI=1S/C15H17NO3S/c17-13(16-15(14(18)19)7-8-20-9-15)12-6-5-10-3-1-2-4-11(10)12/h1-4,12H,5-9H2,(H,16,17)(H,18,19). The molecule has 0 saturated carbocycles. The number of carboxylic acid groups (broad SMARTS) is 1. The molecule has 0 spiro atoms. The zero-order valence-electron chi connectivity index (χ0n) is 11.1. The van der Waals surface area contributed by atoms with Crippen molar-refractivity contribution in [2.45, 2.75) is 30.7 Å². The summed E-state index contributed by atoms with van der Waals surface area (Å²) in [5.41, 5.74) is 1.19. The molecule has 1 aliphatic carbocycles. The SMILES string of the molecule is O=C(NC1(C(=O)O)CCSC1)C1CCc2ccccc21. The molecule has 1 aromatic rings. The monoisotopic (exact) mass is 291 g/mol. The number of nitrogens with one attached hydrogen (secondary N) is 1. The first-order valence-corrected chi connectivity index (χ1v) is 7.99. The summed E-state index contributed by atoms with van der Waals surface area (Å²) in [5, 5.41) is 12.2. The van der Waals surface area contributed by atoms with Gasteiger partial charge in [0.2, 0.25) is 5.91 Å². The molecule has 0 bridgehead atoms. The van der Waals surface area contributed by atoms with Crippen LogP contribution in [0.4, 0.5) is 0 Å². The Labute approximate surface area is 121 Å². The third-order valence-electron chi connectivity index (χ3n) is 4.24. The number of rotatable bonds is 3. The fourth-order valence-electron chi connectivity index (χ4n) is 3.04. The van der Waals surface area contributed by atoms with Crippen molar-refractivity contribution >= 4 is 23.6 Å². The van der Waals surface area contributed by atoms with Crippen LogP contribution in [0.25, 0.3) is 0 Å². The highest BCUT2D eigenvalue weighted by Crippen LogP contribution is 2.35. The zero-order valence-corrected chi connectivity index (χ0v) is 11.9. The molecule has 1 fully saturated rings. The number of thioether (sulfide) groups is 1. The van der Waals surface area contributed by atoms with E-state index in [4.69, 9.17) is 0 Å². The van der Waals surface area contributed by atoms with E-state index in [1.165, 1.54) is 5.56 Å². The van der Waals surface area contributed by atoms with Gasteiger partial charge in [0.25, 0.3) is 0 Å². The van der Waals surface area contributed by atoms with Crippen molar-refractivity contribution < 1.29 is 14.7 Å². The molecule has 0 radical (unpaired) electrons. The van der Waals surface area contributed by atoms with E-state index in [1.807, 2.05) is 24.3 Å². The van der Waals surface area contributed by atoms with Crippen LogP contribution in [-0.2, 0) is 16.0 Å². The molecule has 20 heavy (non-hydrogen) atoms. The highest BCUT2D eigenvalue weighted by atomic mass is 32.2. The summed E-state index contributed by atoms with van der Waals surface area (Å²) >= 11 is 1.58. The number of benzene rings is 1. The van der Waals surface area contributed by atoms with E-state index in [-0.39, 0.29) is 11.8 Å². The first-order valence-electron chi connectivity index (χ1n) is 6.83. The molecule has 1 aliphatic heterocycles. The number of aliphatic carboxylic acids is 1. The largest absolute Gasteiger partial charge is 0.479 e. The Morgan fingerprint density at radius 3 is 2.85 bits per heavy atom. The third kappa shape index (κ3) is 2.20. The minimum absolute atomic E-state index is 0.139. The van der Waals surface area contributed by atoms with Crippen molar-refractivity contribution in [3.63, 3.8) is 0 Å². The first kappa shape index (κ1) is 13.5. The van der Waals surface area contributed by atoms with Crippen LogP contribution in [0.1, 0.15) is 29.9 Å². The molecule has 1 aromatic carbocycles. The number of hydrogen-bond acceptors (Lipinski definition) is 3. The maximum absolute atomic E-state index is 12.5. The van der Waals surface area contributed by atoms with E-state index < -0.39 is 11.5 Å². The normalized spacial score (nSPS) is 28.1. The second-order valence-electron chi connectivity index (χ2n) is 5.47. The fraction of sp³-hybridized carbons (Fsp3) is 0.467. The predicted molar refractivity (Wildman–Crippen MR) is 78.0 cm³/mol. The van der Waals surface area contributed by atoms with Crippen molar-refractivity contribution in [1.82, 2.24) is 5.32 Å². The summed E-state index contributed by atoms with van der Waals surface area (Å²) in [6.07, 6.45) is 2.17. The average molecular weight is 291 g/mol. The first-order chi connectivity index (χ1) is 9.62. The molecule has 1 saturated heterocycles. The second kappa shape index (κ2) is 5.13. The minimum atomic E-state index is -1.07. The van der Waals surface area contributed by atoms with Crippen LogP contribution in [0.3, 0.4) is 0 Å². The second-order valence-corrected chi connectivity index (χ2v) is 6.57. The van der Waals surface area contributed by atoms with Gasteiger partial charge in [-0.05, 0) is 36.1 Å². The van der Waals surface area contributed by atoms with Gasteiger partial charge in [0.05, 0.1) is 5.92 Å². The van der Waals surface area contributed by atoms with Crippen LogP contribution in [0.5, 0.6) is 0 Å². The van der Waals surface area contributed by atoms with Crippen LogP contribution >= 0.6 is 11.8 Å². The predicted octanol–water partition coefficient (Wildman–Crippen LogP) is 1.79. The number of carbonyl (C=O) groups excluding carboxylic acids is 1. The number of amides is 1. The van der Waals surface area contributed by atoms with Gasteiger partial charge in [-0.3, -0.25) is 4.79 Å². The fourth-order valence-corrected chi connectivity index (χ4v) is 4.36. The van der Waals surface area contributed by atoms with E-state index in [1.54, 1.807) is 11.8 Å². The van der Waals surface area contributed by atoms with E-state index in [0.717, 1.165) is 24.2 Å². The maximum atomic E-state index is 12.5. The molecule has 2 N–H and O–H groups in total. The van der Waals surface area contributed by atoms with Gasteiger partial charge >= 0.3 is 5.97 Å². The highest BCUT2D eigenvalue weighted by Gasteiger charge is 2.44. The number of carbonyl (C=O) groups is 2. The minimum Gasteiger partial charge on any atom is -0.479 e. The maximum Gasteiger partial charge on any atom is 0.330 e. The van der Waals surface area contributed by atoms with E-state index in [9.17, 15) is 14.7 Å². The molecular formula is C15H17NO3S. The Morgan fingerprint density at radius 1 is 1.35 bits per heavy atom. The molecule has 2 aliphatic rings. The van der Waals surface area contributed by atoms with Crippen molar-refractivity contribution in [3.8, 4) is 0 Å². The van der Waals surface area contributed by atoms with Crippen LogP contribution < -0.4 is 5.32 Å². The third-order valence-corrected chi connectivity index (χ3v) is 5.43. The molecule has 4 nitrogen and oxygen atoms in total. The van der Waals surface area contributed by atoms with Crippen LogP contribution in [0, 0.1) is 0 Å². The number of fused-ring (bicyclic) bond motifs is 1. The molecule has 2 atom stereocenters. The highest BCUT2D eigenvalue weighted by molar-refractivity contribution is 7.99. The summed E-state index contributed by atoms with van der Waals surface area (Å²) in [6.45, 7) is 0. The molecule has 0 aromatic heterocycles. The molecule has 106 valence electrons. The van der Waals surface area contributed by atoms with Crippen LogP contribution in [0.15, 0.2) is 24.3 Å². The lowest BCUT2D eigenvalue weighted by Gasteiger charge is -2.26. The van der Waals surface area contributed by atoms with E-state index >= 15 is 0 Å².